The summed E-state index contributed by atoms with van der Waals surface area (Å²) in [4.78, 5) is 2.82. The van der Waals surface area contributed by atoms with Crippen molar-refractivity contribution >= 4 is 0 Å². The maximum absolute atomic E-state index is 7.99. The van der Waals surface area contributed by atoms with Crippen LogP contribution in [0.4, 0.5) is 0 Å². The first-order valence-corrected chi connectivity index (χ1v) is 21.4. The van der Waals surface area contributed by atoms with Gasteiger partial charge in [0, 0.05) is 19.8 Å². The van der Waals surface area contributed by atoms with Gasteiger partial charge < -0.3 is 37.4 Å². The Morgan fingerprint density at radius 1 is 0.551 bits per heavy atom. The molecule has 0 spiro atoms. The molecule has 4 fully saturated rings. The molecule has 0 amide bonds. The summed E-state index contributed by atoms with van der Waals surface area (Å²) in [7, 11) is 0. The summed E-state index contributed by atoms with van der Waals surface area (Å²) in [6.45, 7) is 16.7. The Hall–Kier alpha value is -0.280. The van der Waals surface area contributed by atoms with Gasteiger partial charge >= 0.3 is 0 Å². The van der Waals surface area contributed by atoms with Crippen molar-refractivity contribution in [3.63, 3.8) is 0 Å². The largest absolute Gasteiger partial charge is 0.396 e. The monoisotopic (exact) mass is 697 g/mol. The number of hydrogen-bond donors (Lipinski definition) is 6. The van der Waals surface area contributed by atoms with Crippen molar-refractivity contribution in [1.29, 1.82) is 0 Å². The van der Waals surface area contributed by atoms with Gasteiger partial charge in [-0.2, -0.15) is 0 Å². The van der Waals surface area contributed by atoms with Crippen LogP contribution in [0.5, 0.6) is 0 Å². The highest BCUT2D eigenvalue weighted by atomic mass is 16.3. The summed E-state index contributed by atoms with van der Waals surface area (Å²) in [6, 6.07) is 0. The molecule has 0 saturated heterocycles. The predicted octanol–water partition coefficient (Wildman–Crippen LogP) is 7.87. The lowest BCUT2D eigenvalue weighted by Crippen LogP contribution is -2.52. The highest BCUT2D eigenvalue weighted by Crippen LogP contribution is 2.67. The quantitative estimate of drug-likeness (QED) is 0.0755. The van der Waals surface area contributed by atoms with Crippen molar-refractivity contribution in [3.8, 4) is 0 Å². The van der Waals surface area contributed by atoms with E-state index in [0.717, 1.165) is 48.9 Å². The Kier molecular flexibility index (Phi) is 26.9. The first-order chi connectivity index (χ1) is 23.8. The Labute approximate surface area is 305 Å². The molecule has 0 aromatic carbocycles. The zero-order valence-corrected chi connectivity index (χ0v) is 33.3. The molecular weight excluding hydrogens is 608 g/mol. The van der Waals surface area contributed by atoms with E-state index in [0.29, 0.717) is 30.5 Å². The van der Waals surface area contributed by atoms with E-state index < -0.39 is 0 Å². The molecule has 0 heterocycles. The van der Waals surface area contributed by atoms with Crippen molar-refractivity contribution in [2.45, 2.75) is 169 Å². The van der Waals surface area contributed by atoms with Gasteiger partial charge in [-0.15, -0.1) is 0 Å². The number of nitrogens with zero attached hydrogens (tertiary/aromatic N) is 1. The number of hydrogen-bond acceptors (Lipinski definition) is 7. The average molecular weight is 697 g/mol. The van der Waals surface area contributed by atoms with Crippen molar-refractivity contribution in [2.75, 3.05) is 59.1 Å². The van der Waals surface area contributed by atoms with Crippen LogP contribution >= 0.6 is 0 Å². The van der Waals surface area contributed by atoms with E-state index in [1.54, 1.807) is 51.4 Å². The van der Waals surface area contributed by atoms with Crippen molar-refractivity contribution in [1.82, 2.24) is 4.90 Å². The van der Waals surface area contributed by atoms with Crippen LogP contribution in [0.15, 0.2) is 0 Å². The fourth-order valence-electron chi connectivity index (χ4n) is 10.4. The Morgan fingerprint density at radius 2 is 1.08 bits per heavy atom. The summed E-state index contributed by atoms with van der Waals surface area (Å²) in [5, 5.41) is 24.0. The highest BCUT2D eigenvalue weighted by molar-refractivity contribution is 5.08. The van der Waals surface area contributed by atoms with Gasteiger partial charge in [-0.1, -0.05) is 72.6 Å². The van der Waals surface area contributed by atoms with E-state index in [4.69, 9.17) is 32.5 Å². The van der Waals surface area contributed by atoms with Crippen LogP contribution in [-0.2, 0) is 0 Å². The molecule has 7 nitrogen and oxygen atoms in total. The minimum absolute atomic E-state index is 0.219. The van der Waals surface area contributed by atoms with E-state index in [2.05, 4.69) is 32.6 Å². The summed E-state index contributed by atoms with van der Waals surface area (Å²) in [5.74, 6) is 5.32. The number of rotatable bonds is 19. The van der Waals surface area contributed by atoms with Crippen molar-refractivity contribution < 1.29 is 15.3 Å². The third-order valence-electron chi connectivity index (χ3n) is 13.3. The molecule has 0 aromatic rings. The van der Waals surface area contributed by atoms with Gasteiger partial charge in [0.2, 0.25) is 0 Å². The Balaban J connectivity index is 0.000000671. The molecule has 4 aliphatic carbocycles. The second kappa shape index (κ2) is 28.3. The van der Waals surface area contributed by atoms with E-state index in [1.807, 2.05) is 0 Å². The van der Waals surface area contributed by atoms with Gasteiger partial charge in [0.05, 0.1) is 0 Å². The SMILES string of the molecule is CCCCCN(CCCCC)CCCCC1CCC2C3CCC4CCCCC4(C)C3CCC12C.NCCCO.NCCCO.NCCCO. The third kappa shape index (κ3) is 16.1. The Morgan fingerprint density at radius 3 is 1.57 bits per heavy atom. The fourth-order valence-corrected chi connectivity index (χ4v) is 10.4. The van der Waals surface area contributed by atoms with Gasteiger partial charge in [0.15, 0.2) is 0 Å². The van der Waals surface area contributed by atoms with Gasteiger partial charge in [-0.3, -0.25) is 0 Å². The minimum Gasteiger partial charge on any atom is -0.396 e. The second-order valence-electron chi connectivity index (χ2n) is 16.6. The summed E-state index contributed by atoms with van der Waals surface area (Å²) < 4.78 is 0. The van der Waals surface area contributed by atoms with Gasteiger partial charge in [-0.25, -0.2) is 0 Å². The summed E-state index contributed by atoms with van der Waals surface area (Å²) in [6.07, 6.45) is 30.5. The molecule has 49 heavy (non-hydrogen) atoms. The molecule has 7 unspecified atom stereocenters. The lowest BCUT2D eigenvalue weighted by molar-refractivity contribution is -0.111. The van der Waals surface area contributed by atoms with Crippen LogP contribution in [0.3, 0.4) is 0 Å². The molecule has 4 saturated carbocycles. The average Bonchev–Trinajstić information content (AvgIpc) is 3.44. The van der Waals surface area contributed by atoms with Gasteiger partial charge in [0.1, 0.15) is 0 Å². The number of aliphatic hydroxyl groups excluding tert-OH is 3. The zero-order valence-electron chi connectivity index (χ0n) is 33.3. The first-order valence-electron chi connectivity index (χ1n) is 21.4. The fraction of sp³-hybridized carbons (Fsp3) is 1.00. The maximum atomic E-state index is 7.99. The van der Waals surface area contributed by atoms with Crippen molar-refractivity contribution in [3.05, 3.63) is 0 Å². The summed E-state index contributed by atoms with van der Waals surface area (Å²) >= 11 is 0. The first kappa shape index (κ1) is 46.7. The molecule has 7 heteroatoms. The molecule has 9 N–H and O–H groups in total. The molecule has 4 aliphatic rings. The second-order valence-corrected chi connectivity index (χ2v) is 16.6. The van der Waals surface area contributed by atoms with Gasteiger partial charge in [-0.05, 0) is 176 Å². The number of fused-ring (bicyclic) bond motifs is 5. The van der Waals surface area contributed by atoms with Crippen LogP contribution < -0.4 is 17.2 Å². The van der Waals surface area contributed by atoms with E-state index >= 15 is 0 Å². The molecule has 4 rings (SSSR count). The zero-order chi connectivity index (χ0) is 36.4. The number of aliphatic hydroxyl groups is 3. The van der Waals surface area contributed by atoms with Crippen LogP contribution in [0.2, 0.25) is 0 Å². The Bertz CT molecular complexity index is 729. The smallest absolute Gasteiger partial charge is 0.0443 e. The lowest BCUT2D eigenvalue weighted by Gasteiger charge is -2.60. The number of unbranched alkanes of at least 4 members (excludes halogenated alkanes) is 5. The van der Waals surface area contributed by atoms with Crippen LogP contribution in [0.1, 0.15) is 169 Å². The van der Waals surface area contributed by atoms with Crippen LogP contribution in [0, 0.1) is 40.4 Å². The molecule has 0 aliphatic heterocycles. The standard InChI is InChI=1S/C33H61N.3C3H9NO/c1-5-7-12-24-34(25-13-8-6-2)26-14-10-16-28-18-20-30-29-19-17-27-15-9-11-22-32(27,3)31(29)21-23-33(28,30)4;3*4-2-1-3-5/h27-31H,5-26H2,1-4H3;3*5H,1-4H2. The van der Waals surface area contributed by atoms with E-state index in [-0.39, 0.29) is 19.8 Å². The molecule has 0 bridgehead atoms. The van der Waals surface area contributed by atoms with Crippen LogP contribution in [-0.4, -0.2) is 79.3 Å². The highest BCUT2D eigenvalue weighted by Gasteiger charge is 2.59. The predicted molar refractivity (Wildman–Crippen MR) is 211 cm³/mol. The van der Waals surface area contributed by atoms with Crippen molar-refractivity contribution in [2.24, 2.45) is 57.6 Å². The van der Waals surface area contributed by atoms with Gasteiger partial charge in [0.25, 0.3) is 0 Å². The third-order valence-corrected chi connectivity index (χ3v) is 13.3. The van der Waals surface area contributed by atoms with E-state index in [9.17, 15) is 0 Å². The normalized spacial score (nSPS) is 30.1. The minimum atomic E-state index is 0.219. The number of nitrogens with two attached hydrogens (primary N) is 3. The molecule has 7 atom stereocenters. The van der Waals surface area contributed by atoms with Crippen LogP contribution in [0.25, 0.3) is 0 Å². The molecular formula is C42H88N4O3. The molecule has 0 aromatic heterocycles. The lowest BCUT2D eigenvalue weighted by atomic mass is 9.45. The van der Waals surface area contributed by atoms with E-state index in [1.165, 1.54) is 90.3 Å². The maximum Gasteiger partial charge on any atom is 0.0443 e. The molecule has 0 radical (unpaired) electrons. The topological polar surface area (TPSA) is 142 Å². The molecule has 294 valence electrons. The summed E-state index contributed by atoms with van der Waals surface area (Å²) in [5.41, 5.74) is 16.3.